The third-order valence-electron chi connectivity index (χ3n) is 4.70. The van der Waals surface area contributed by atoms with E-state index in [9.17, 15) is 14.9 Å². The highest BCUT2D eigenvalue weighted by atomic mass is 35.5. The summed E-state index contributed by atoms with van der Waals surface area (Å²) in [4.78, 5) is 27.3. The molecule has 0 aliphatic carbocycles. The van der Waals surface area contributed by atoms with Crippen LogP contribution in [0.1, 0.15) is 21.5 Å². The maximum atomic E-state index is 12.7. The van der Waals surface area contributed by atoms with Gasteiger partial charge in [-0.05, 0) is 30.7 Å². The van der Waals surface area contributed by atoms with Crippen LogP contribution in [0.3, 0.4) is 0 Å². The predicted molar refractivity (Wildman–Crippen MR) is 105 cm³/mol. The zero-order chi connectivity index (χ0) is 19.6. The molecule has 0 N–H and O–H groups in total. The molecule has 142 valence electrons. The maximum absolute atomic E-state index is 12.7. The first-order valence-corrected chi connectivity index (χ1v) is 9.31. The summed E-state index contributed by atoms with van der Waals surface area (Å²) < 4.78 is 0. The quantitative estimate of drug-likeness (QED) is 0.563. The van der Waals surface area contributed by atoms with E-state index < -0.39 is 4.92 Å². The molecule has 0 spiro atoms. The van der Waals surface area contributed by atoms with Crippen molar-refractivity contribution in [1.29, 1.82) is 0 Å². The molecule has 27 heavy (non-hydrogen) atoms. The maximum Gasteiger partial charge on any atom is 0.273 e. The summed E-state index contributed by atoms with van der Waals surface area (Å²) in [5.74, 6) is -0.174. The Morgan fingerprint density at radius 1 is 1.07 bits per heavy atom. The second kappa shape index (κ2) is 8.25. The molecule has 0 unspecified atom stereocenters. The fourth-order valence-corrected chi connectivity index (χ4v) is 3.45. The number of nitro groups is 1. The number of aryl methyl sites for hydroxylation is 1. The topological polar surface area (TPSA) is 66.7 Å². The van der Waals surface area contributed by atoms with Crippen molar-refractivity contribution in [2.45, 2.75) is 13.5 Å². The van der Waals surface area contributed by atoms with Crippen molar-refractivity contribution in [3.63, 3.8) is 0 Å². The van der Waals surface area contributed by atoms with Gasteiger partial charge in [-0.15, -0.1) is 0 Å². The van der Waals surface area contributed by atoms with Gasteiger partial charge in [0.05, 0.1) is 15.0 Å². The van der Waals surface area contributed by atoms with Crippen molar-refractivity contribution in [2.75, 3.05) is 26.2 Å². The van der Waals surface area contributed by atoms with Gasteiger partial charge in [-0.25, -0.2) is 0 Å². The Morgan fingerprint density at radius 2 is 1.78 bits per heavy atom. The number of hydrogen-bond acceptors (Lipinski definition) is 4. The van der Waals surface area contributed by atoms with E-state index in [1.54, 1.807) is 30.0 Å². The average Bonchev–Trinajstić information content (AvgIpc) is 2.65. The minimum Gasteiger partial charge on any atom is -0.336 e. The highest BCUT2D eigenvalue weighted by molar-refractivity contribution is 6.42. The number of carbonyl (C=O) groups excluding carboxylic acids is 1. The van der Waals surface area contributed by atoms with Gasteiger partial charge in [0.25, 0.3) is 11.6 Å². The van der Waals surface area contributed by atoms with Crippen molar-refractivity contribution in [3.8, 4) is 0 Å². The van der Waals surface area contributed by atoms with Crippen molar-refractivity contribution >= 4 is 34.8 Å². The standard InChI is InChI=1S/C19H19Cl2N3O3/c1-13-2-4-15(11-18(13)24(26)27)19(25)23-8-6-22(7-9-23)12-14-3-5-16(20)17(21)10-14/h2-5,10-11H,6-9,12H2,1H3. The van der Waals surface area contributed by atoms with Crippen LogP contribution >= 0.6 is 23.2 Å². The fourth-order valence-electron chi connectivity index (χ4n) is 3.13. The third kappa shape index (κ3) is 4.58. The zero-order valence-electron chi connectivity index (χ0n) is 14.8. The van der Waals surface area contributed by atoms with E-state index >= 15 is 0 Å². The van der Waals surface area contributed by atoms with Crippen molar-refractivity contribution < 1.29 is 9.72 Å². The van der Waals surface area contributed by atoms with E-state index in [-0.39, 0.29) is 11.6 Å². The summed E-state index contributed by atoms with van der Waals surface area (Å²) in [6, 6.07) is 10.2. The summed E-state index contributed by atoms with van der Waals surface area (Å²) >= 11 is 12.0. The summed E-state index contributed by atoms with van der Waals surface area (Å²) in [6.07, 6.45) is 0. The molecule has 6 nitrogen and oxygen atoms in total. The lowest BCUT2D eigenvalue weighted by Crippen LogP contribution is -2.48. The first-order chi connectivity index (χ1) is 12.8. The molecular formula is C19H19Cl2N3O3. The molecule has 0 radical (unpaired) electrons. The van der Waals surface area contributed by atoms with Gasteiger partial charge >= 0.3 is 0 Å². The van der Waals surface area contributed by atoms with Crippen LogP contribution in [-0.2, 0) is 6.54 Å². The van der Waals surface area contributed by atoms with Gasteiger partial charge in [0.1, 0.15) is 0 Å². The molecule has 0 saturated carbocycles. The van der Waals surface area contributed by atoms with E-state index in [2.05, 4.69) is 4.90 Å². The van der Waals surface area contributed by atoms with Crippen LogP contribution in [-0.4, -0.2) is 46.8 Å². The number of piperazine rings is 1. The summed E-state index contributed by atoms with van der Waals surface area (Å²) in [7, 11) is 0. The van der Waals surface area contributed by atoms with Gasteiger partial charge in [-0.3, -0.25) is 19.8 Å². The Kier molecular flexibility index (Phi) is 5.99. The van der Waals surface area contributed by atoms with Crippen LogP contribution in [0.5, 0.6) is 0 Å². The van der Waals surface area contributed by atoms with Gasteiger partial charge in [0.15, 0.2) is 0 Å². The number of halogens is 2. The van der Waals surface area contributed by atoms with Gasteiger partial charge in [-0.2, -0.15) is 0 Å². The number of nitrogens with zero attached hydrogens (tertiary/aromatic N) is 3. The van der Waals surface area contributed by atoms with Gasteiger partial charge in [0.2, 0.25) is 0 Å². The second-order valence-electron chi connectivity index (χ2n) is 6.58. The van der Waals surface area contributed by atoms with Crippen LogP contribution in [0.25, 0.3) is 0 Å². The van der Waals surface area contributed by atoms with E-state index in [0.29, 0.717) is 34.3 Å². The predicted octanol–water partition coefficient (Wildman–Crippen LogP) is 4.17. The first kappa shape index (κ1) is 19.6. The molecule has 3 rings (SSSR count). The molecule has 0 bridgehead atoms. The average molecular weight is 408 g/mol. The molecule has 1 heterocycles. The lowest BCUT2D eigenvalue weighted by molar-refractivity contribution is -0.385. The van der Waals surface area contributed by atoms with Crippen molar-refractivity contribution in [3.05, 3.63) is 73.2 Å². The number of amides is 1. The molecule has 0 atom stereocenters. The zero-order valence-corrected chi connectivity index (χ0v) is 16.3. The normalized spacial score (nSPS) is 15.0. The fraction of sp³-hybridized carbons (Fsp3) is 0.316. The number of nitro benzene ring substituents is 1. The van der Waals surface area contributed by atoms with E-state index in [1.807, 2.05) is 12.1 Å². The number of benzene rings is 2. The summed E-state index contributed by atoms with van der Waals surface area (Å²) in [5.41, 5.74) is 1.94. The monoisotopic (exact) mass is 407 g/mol. The Balaban J connectivity index is 1.61. The van der Waals surface area contributed by atoms with Gasteiger partial charge < -0.3 is 4.90 Å². The van der Waals surface area contributed by atoms with Crippen LogP contribution < -0.4 is 0 Å². The minimum absolute atomic E-state index is 0.0286. The van der Waals surface area contributed by atoms with Crippen LogP contribution in [0, 0.1) is 17.0 Å². The molecule has 8 heteroatoms. The van der Waals surface area contributed by atoms with Crippen LogP contribution in [0.2, 0.25) is 10.0 Å². The summed E-state index contributed by atoms with van der Waals surface area (Å²) in [6.45, 7) is 4.98. The van der Waals surface area contributed by atoms with E-state index in [0.717, 1.165) is 25.2 Å². The smallest absolute Gasteiger partial charge is 0.273 e. The number of rotatable bonds is 4. The lowest BCUT2D eigenvalue weighted by atomic mass is 10.1. The van der Waals surface area contributed by atoms with E-state index in [4.69, 9.17) is 23.2 Å². The first-order valence-electron chi connectivity index (χ1n) is 8.56. The summed E-state index contributed by atoms with van der Waals surface area (Å²) in [5, 5.41) is 12.2. The van der Waals surface area contributed by atoms with Crippen LogP contribution in [0.4, 0.5) is 5.69 Å². The molecule has 1 fully saturated rings. The highest BCUT2D eigenvalue weighted by Crippen LogP contribution is 2.24. The third-order valence-corrected chi connectivity index (χ3v) is 5.44. The minimum atomic E-state index is -0.457. The van der Waals surface area contributed by atoms with E-state index in [1.165, 1.54) is 6.07 Å². The number of carbonyl (C=O) groups is 1. The Hall–Kier alpha value is -2.15. The van der Waals surface area contributed by atoms with Crippen molar-refractivity contribution in [2.24, 2.45) is 0 Å². The molecule has 1 amide bonds. The second-order valence-corrected chi connectivity index (χ2v) is 7.39. The van der Waals surface area contributed by atoms with Crippen LogP contribution in [0.15, 0.2) is 36.4 Å². The molecule has 2 aromatic carbocycles. The van der Waals surface area contributed by atoms with Gasteiger partial charge in [0, 0.05) is 49.9 Å². The van der Waals surface area contributed by atoms with Crippen molar-refractivity contribution in [1.82, 2.24) is 9.80 Å². The largest absolute Gasteiger partial charge is 0.336 e. The highest BCUT2D eigenvalue weighted by Gasteiger charge is 2.24. The molecule has 2 aromatic rings. The molecule has 1 aliphatic heterocycles. The molecule has 1 saturated heterocycles. The van der Waals surface area contributed by atoms with Gasteiger partial charge in [-0.1, -0.05) is 35.3 Å². The molecular weight excluding hydrogens is 389 g/mol. The molecule has 1 aliphatic rings. The Bertz CT molecular complexity index is 880. The SMILES string of the molecule is Cc1ccc(C(=O)N2CCN(Cc3ccc(Cl)c(Cl)c3)CC2)cc1[N+](=O)[O-]. The number of hydrogen-bond donors (Lipinski definition) is 0. The Morgan fingerprint density at radius 3 is 2.41 bits per heavy atom. The molecule has 0 aromatic heterocycles. The Labute approximate surface area is 167 Å². The lowest BCUT2D eigenvalue weighted by Gasteiger charge is -2.34.